The van der Waals surface area contributed by atoms with Crippen LogP contribution in [0.25, 0.3) is 0 Å². The fourth-order valence-electron chi connectivity index (χ4n) is 5.59. The van der Waals surface area contributed by atoms with Crippen molar-refractivity contribution in [2.45, 2.75) is 11.8 Å². The van der Waals surface area contributed by atoms with Crippen molar-refractivity contribution >= 4 is 35.6 Å². The smallest absolute Gasteiger partial charge is 0.273 e. The van der Waals surface area contributed by atoms with Crippen LogP contribution in [-0.2, 0) is 9.59 Å². The van der Waals surface area contributed by atoms with E-state index in [9.17, 15) is 29.8 Å². The van der Waals surface area contributed by atoms with Crippen LogP contribution in [0.1, 0.15) is 34.1 Å². The molecule has 1 fully saturated rings. The molecule has 5 rings (SSSR count). The average molecular weight is 591 g/mol. The van der Waals surface area contributed by atoms with Crippen LogP contribution in [-0.4, -0.2) is 34.1 Å². The molecule has 12 heteroatoms. The first-order valence-electron chi connectivity index (χ1n) is 13.6. The first kappa shape index (κ1) is 29.5. The number of carbonyl (C=O) groups excluding carboxylic acids is 2. The van der Waals surface area contributed by atoms with Gasteiger partial charge in [-0.25, -0.2) is 10.9 Å². The number of rotatable bonds is 10. The van der Waals surface area contributed by atoms with Gasteiger partial charge in [0.25, 0.3) is 11.4 Å². The Hall–Kier alpha value is -6.04. The van der Waals surface area contributed by atoms with Gasteiger partial charge in [0.2, 0.25) is 11.8 Å². The molecule has 0 spiro atoms. The minimum absolute atomic E-state index is 0.156. The van der Waals surface area contributed by atoms with Crippen molar-refractivity contribution in [2.75, 3.05) is 0 Å². The van der Waals surface area contributed by atoms with Gasteiger partial charge in [-0.05, 0) is 23.3 Å². The summed E-state index contributed by atoms with van der Waals surface area (Å²) >= 11 is 0. The van der Waals surface area contributed by atoms with Crippen LogP contribution in [0.2, 0.25) is 0 Å². The van der Waals surface area contributed by atoms with Gasteiger partial charge < -0.3 is 0 Å². The normalized spacial score (nSPS) is 19.3. The molecular weight excluding hydrogens is 564 g/mol. The van der Waals surface area contributed by atoms with Crippen molar-refractivity contribution in [2.24, 2.45) is 22.0 Å². The number of para-hydroxylation sites is 2. The lowest BCUT2D eigenvalue weighted by Gasteiger charge is -2.50. The van der Waals surface area contributed by atoms with E-state index in [2.05, 4.69) is 21.1 Å². The summed E-state index contributed by atoms with van der Waals surface area (Å²) < 4.78 is 0. The molecule has 2 amide bonds. The minimum Gasteiger partial charge on any atom is -0.273 e. The number of amides is 2. The molecule has 2 N–H and O–H groups in total. The minimum atomic E-state index is -0.724. The van der Waals surface area contributed by atoms with Crippen LogP contribution in [0.5, 0.6) is 0 Å². The molecule has 220 valence electrons. The summed E-state index contributed by atoms with van der Waals surface area (Å²) in [6, 6.07) is 30.3. The lowest BCUT2D eigenvalue weighted by Crippen LogP contribution is -2.55. The zero-order valence-electron chi connectivity index (χ0n) is 23.1. The predicted octanol–water partition coefficient (Wildman–Crippen LogP) is 4.92. The van der Waals surface area contributed by atoms with Crippen LogP contribution in [0.15, 0.2) is 119 Å². The summed E-state index contributed by atoms with van der Waals surface area (Å²) in [4.78, 5) is 49.0. The van der Waals surface area contributed by atoms with Gasteiger partial charge in [-0.1, -0.05) is 84.9 Å². The van der Waals surface area contributed by atoms with Gasteiger partial charge in [-0.2, -0.15) is 10.2 Å². The molecule has 0 unspecified atom stereocenters. The summed E-state index contributed by atoms with van der Waals surface area (Å²) in [7, 11) is 0. The second-order valence-corrected chi connectivity index (χ2v) is 10.0. The molecule has 0 bridgehead atoms. The standard InChI is InChI=1S/C32H26N6O6/c39-31(35-33-19-23-15-7-9-17-25(23)37(41)42)29-27(21-11-3-1-4-12-21)30(28(29)22-13-5-2-6-14-22)32(40)36-34-20-24-16-8-10-18-26(24)38(43)44/h1-20,27-30H,(H,35,39)(H,36,40)/b33-19-,34-20-. The molecular formula is C32H26N6O6. The third kappa shape index (κ3) is 6.23. The van der Waals surface area contributed by atoms with E-state index in [4.69, 9.17) is 0 Å². The Bertz CT molecular complexity index is 1610. The van der Waals surface area contributed by atoms with Crippen molar-refractivity contribution in [3.05, 3.63) is 152 Å². The van der Waals surface area contributed by atoms with Gasteiger partial charge in [0, 0.05) is 24.0 Å². The fraction of sp³-hybridized carbons (Fsp3) is 0.125. The zero-order chi connectivity index (χ0) is 31.1. The topological polar surface area (TPSA) is 169 Å². The molecule has 0 heterocycles. The summed E-state index contributed by atoms with van der Waals surface area (Å²) in [5.74, 6) is -3.51. The van der Waals surface area contributed by atoms with E-state index in [1.54, 1.807) is 12.1 Å². The molecule has 0 atom stereocenters. The summed E-state index contributed by atoms with van der Waals surface area (Å²) in [6.45, 7) is 0. The Morgan fingerprint density at radius 1 is 0.568 bits per heavy atom. The van der Waals surface area contributed by atoms with Gasteiger partial charge in [-0.15, -0.1) is 0 Å². The maximum absolute atomic E-state index is 13.7. The van der Waals surface area contributed by atoms with Crippen molar-refractivity contribution in [1.82, 2.24) is 10.9 Å². The summed E-state index contributed by atoms with van der Waals surface area (Å²) in [5.41, 5.74) is 6.69. The van der Waals surface area contributed by atoms with Gasteiger partial charge in [0.1, 0.15) is 0 Å². The number of hydrogen-bond acceptors (Lipinski definition) is 8. The van der Waals surface area contributed by atoms with E-state index in [1.807, 2.05) is 60.7 Å². The zero-order valence-corrected chi connectivity index (χ0v) is 23.1. The number of carbonyl (C=O) groups is 2. The van der Waals surface area contributed by atoms with Crippen LogP contribution >= 0.6 is 0 Å². The van der Waals surface area contributed by atoms with Crippen molar-refractivity contribution < 1.29 is 19.4 Å². The van der Waals surface area contributed by atoms with Crippen molar-refractivity contribution in [3.63, 3.8) is 0 Å². The Balaban J connectivity index is 1.44. The number of nitro groups is 2. The summed E-state index contributed by atoms with van der Waals surface area (Å²) in [6.07, 6.45) is 2.43. The molecule has 0 aromatic heterocycles. The van der Waals surface area contributed by atoms with E-state index >= 15 is 0 Å². The van der Waals surface area contributed by atoms with Crippen LogP contribution in [0.4, 0.5) is 11.4 Å². The van der Waals surface area contributed by atoms with Crippen LogP contribution in [0.3, 0.4) is 0 Å². The monoisotopic (exact) mass is 590 g/mol. The van der Waals surface area contributed by atoms with Gasteiger partial charge in [-0.3, -0.25) is 29.8 Å². The van der Waals surface area contributed by atoms with E-state index in [0.717, 1.165) is 11.1 Å². The van der Waals surface area contributed by atoms with Crippen molar-refractivity contribution in [1.29, 1.82) is 0 Å². The predicted molar refractivity (Wildman–Crippen MR) is 163 cm³/mol. The quantitative estimate of drug-likeness (QED) is 0.151. The lowest BCUT2D eigenvalue weighted by molar-refractivity contribution is -0.385. The van der Waals surface area contributed by atoms with E-state index in [0.29, 0.717) is 0 Å². The number of hydrogen-bond donors (Lipinski definition) is 2. The van der Waals surface area contributed by atoms with Gasteiger partial charge >= 0.3 is 0 Å². The molecule has 1 aliphatic rings. The molecule has 0 saturated heterocycles. The van der Waals surface area contributed by atoms with E-state index < -0.39 is 45.3 Å². The Kier molecular flexibility index (Phi) is 8.90. The Morgan fingerprint density at radius 2 is 0.909 bits per heavy atom. The van der Waals surface area contributed by atoms with E-state index in [1.165, 1.54) is 48.8 Å². The second-order valence-electron chi connectivity index (χ2n) is 10.0. The molecule has 0 radical (unpaired) electrons. The lowest BCUT2D eigenvalue weighted by atomic mass is 9.52. The Morgan fingerprint density at radius 3 is 1.27 bits per heavy atom. The average Bonchev–Trinajstić information content (AvgIpc) is 3.02. The summed E-state index contributed by atoms with van der Waals surface area (Å²) in [5, 5.41) is 30.7. The number of hydrazone groups is 2. The first-order valence-corrected chi connectivity index (χ1v) is 13.6. The molecule has 1 aliphatic carbocycles. The highest BCUT2D eigenvalue weighted by molar-refractivity contribution is 5.92. The number of nitrogens with zero attached hydrogens (tertiary/aromatic N) is 4. The second kappa shape index (κ2) is 13.3. The highest BCUT2D eigenvalue weighted by Crippen LogP contribution is 2.57. The third-order valence-electron chi connectivity index (χ3n) is 7.55. The molecule has 0 aliphatic heterocycles. The van der Waals surface area contributed by atoms with Gasteiger partial charge in [0.05, 0.1) is 45.2 Å². The molecule has 1 saturated carbocycles. The van der Waals surface area contributed by atoms with Crippen LogP contribution in [0, 0.1) is 32.1 Å². The number of benzene rings is 4. The highest BCUT2D eigenvalue weighted by Gasteiger charge is 2.58. The van der Waals surface area contributed by atoms with Crippen LogP contribution < -0.4 is 10.9 Å². The molecule has 4 aromatic rings. The molecule has 4 aromatic carbocycles. The largest absolute Gasteiger partial charge is 0.278 e. The highest BCUT2D eigenvalue weighted by atomic mass is 16.6. The maximum atomic E-state index is 13.7. The fourth-order valence-corrected chi connectivity index (χ4v) is 5.59. The molecule has 12 nitrogen and oxygen atoms in total. The SMILES string of the molecule is O=C(N/N=C\c1ccccc1[N+](=O)[O-])C1C(c2ccccc2)C(C(=O)N/N=C\c2ccccc2[N+](=O)[O-])C1c1ccccc1. The Labute approximate surface area is 251 Å². The maximum Gasteiger partial charge on any atom is 0.278 e. The van der Waals surface area contributed by atoms with Crippen molar-refractivity contribution in [3.8, 4) is 0 Å². The van der Waals surface area contributed by atoms with E-state index in [-0.39, 0.29) is 22.5 Å². The van der Waals surface area contributed by atoms with Gasteiger partial charge in [0.15, 0.2) is 0 Å². The third-order valence-corrected chi connectivity index (χ3v) is 7.55. The molecule has 44 heavy (non-hydrogen) atoms. The number of nitro benzene ring substituents is 2. The first-order chi connectivity index (χ1) is 21.4. The number of nitrogens with one attached hydrogen (secondary N) is 2.